The van der Waals surface area contributed by atoms with Crippen molar-refractivity contribution in [1.29, 1.82) is 0 Å². The zero-order chi connectivity index (χ0) is 16.6. The van der Waals surface area contributed by atoms with E-state index in [2.05, 4.69) is 41.4 Å². The lowest BCUT2D eigenvalue weighted by molar-refractivity contribution is -0.142. The normalized spacial score (nSPS) is 22.2. The number of hydrogen-bond acceptors (Lipinski definition) is 5. The highest BCUT2D eigenvalue weighted by molar-refractivity contribution is 5.70. The van der Waals surface area contributed by atoms with E-state index in [0.29, 0.717) is 0 Å². The fraction of sp³-hybridized carbons (Fsp3) is 0.625. The van der Waals surface area contributed by atoms with Crippen molar-refractivity contribution >= 4 is 17.4 Å². The molecule has 0 aromatic carbocycles. The second-order valence-electron chi connectivity index (χ2n) is 7.29. The van der Waals surface area contributed by atoms with Crippen molar-refractivity contribution in [3.63, 3.8) is 0 Å². The Labute approximate surface area is 135 Å². The Morgan fingerprint density at radius 1 is 1.22 bits per heavy atom. The molecule has 0 unspecified atom stereocenters. The number of carboxylic acid groups (broad SMARTS) is 1. The van der Waals surface area contributed by atoms with Gasteiger partial charge >= 0.3 is 5.97 Å². The first kappa shape index (κ1) is 15.7. The molecule has 0 saturated heterocycles. The van der Waals surface area contributed by atoms with Gasteiger partial charge in [-0.15, -0.1) is 15.3 Å². The minimum Gasteiger partial charge on any atom is -0.481 e. The number of carbonyl (C=O) groups is 1. The first-order valence-corrected chi connectivity index (χ1v) is 8.07. The summed E-state index contributed by atoms with van der Waals surface area (Å²) in [7, 11) is 0. The second kappa shape index (κ2) is 5.79. The molecular formula is C16H23N5O2. The molecule has 1 aliphatic carbocycles. The van der Waals surface area contributed by atoms with Crippen molar-refractivity contribution in [2.24, 2.45) is 5.92 Å². The molecule has 1 saturated carbocycles. The van der Waals surface area contributed by atoms with Gasteiger partial charge in [-0.25, -0.2) is 0 Å². The van der Waals surface area contributed by atoms with Crippen molar-refractivity contribution in [2.75, 3.05) is 5.32 Å². The molecule has 1 fully saturated rings. The smallest absolute Gasteiger partial charge is 0.306 e. The summed E-state index contributed by atoms with van der Waals surface area (Å²) in [5.41, 5.74) is 0.597. The number of hydrogen-bond donors (Lipinski definition) is 2. The van der Waals surface area contributed by atoms with Gasteiger partial charge in [-0.05, 0) is 37.8 Å². The monoisotopic (exact) mass is 317 g/mol. The molecule has 7 heteroatoms. The zero-order valence-corrected chi connectivity index (χ0v) is 13.8. The fourth-order valence-electron chi connectivity index (χ4n) is 3.03. The molecule has 0 radical (unpaired) electrons. The van der Waals surface area contributed by atoms with Crippen LogP contribution in [0.3, 0.4) is 0 Å². The highest BCUT2D eigenvalue weighted by Gasteiger charge is 2.26. The molecule has 2 aromatic heterocycles. The number of rotatable bonds is 3. The Morgan fingerprint density at radius 3 is 2.52 bits per heavy atom. The van der Waals surface area contributed by atoms with E-state index in [1.54, 1.807) is 4.52 Å². The van der Waals surface area contributed by atoms with Crippen molar-refractivity contribution in [3.8, 4) is 0 Å². The molecule has 0 aliphatic heterocycles. The van der Waals surface area contributed by atoms with Crippen LogP contribution in [0.5, 0.6) is 0 Å². The standard InChI is InChI=1S/C16H23N5O2/c1-16(2,3)15-19-18-13-9-8-12(20-21(13)15)17-11-6-4-10(5-7-11)14(22)23/h8-11H,4-7H2,1-3H3,(H,17,20)(H,22,23). The van der Waals surface area contributed by atoms with E-state index in [0.717, 1.165) is 43.0 Å². The Kier molecular flexibility index (Phi) is 3.95. The quantitative estimate of drug-likeness (QED) is 0.903. The van der Waals surface area contributed by atoms with Gasteiger partial charge in [-0.3, -0.25) is 4.79 Å². The van der Waals surface area contributed by atoms with E-state index < -0.39 is 5.97 Å². The number of carboxylic acids is 1. The van der Waals surface area contributed by atoms with Crippen molar-refractivity contribution in [1.82, 2.24) is 19.8 Å². The van der Waals surface area contributed by atoms with Crippen LogP contribution >= 0.6 is 0 Å². The molecule has 0 bridgehead atoms. The molecule has 2 aromatic rings. The molecule has 2 heterocycles. The lowest BCUT2D eigenvalue weighted by atomic mass is 9.86. The van der Waals surface area contributed by atoms with Crippen molar-refractivity contribution < 1.29 is 9.90 Å². The predicted molar refractivity (Wildman–Crippen MR) is 86.5 cm³/mol. The third-order valence-electron chi connectivity index (χ3n) is 4.36. The number of nitrogens with one attached hydrogen (secondary N) is 1. The lowest BCUT2D eigenvalue weighted by Crippen LogP contribution is -2.29. The summed E-state index contributed by atoms with van der Waals surface area (Å²) in [6.07, 6.45) is 3.14. The number of fused-ring (bicyclic) bond motifs is 1. The van der Waals surface area contributed by atoms with E-state index in [-0.39, 0.29) is 17.4 Å². The largest absolute Gasteiger partial charge is 0.481 e. The van der Waals surface area contributed by atoms with Gasteiger partial charge in [0.1, 0.15) is 5.82 Å². The molecule has 0 spiro atoms. The Balaban J connectivity index is 1.75. The van der Waals surface area contributed by atoms with E-state index in [1.807, 2.05) is 12.1 Å². The number of nitrogens with zero attached hydrogens (tertiary/aromatic N) is 4. The minimum atomic E-state index is -0.678. The molecule has 124 valence electrons. The first-order valence-electron chi connectivity index (χ1n) is 8.07. The molecule has 2 N–H and O–H groups in total. The van der Waals surface area contributed by atoms with Gasteiger partial charge in [0.25, 0.3) is 0 Å². The third-order valence-corrected chi connectivity index (χ3v) is 4.36. The average Bonchev–Trinajstić information content (AvgIpc) is 2.91. The lowest BCUT2D eigenvalue weighted by Gasteiger charge is -2.27. The molecule has 0 atom stereocenters. The summed E-state index contributed by atoms with van der Waals surface area (Å²) < 4.78 is 1.78. The maximum atomic E-state index is 11.0. The predicted octanol–water partition coefficient (Wildman–Crippen LogP) is 2.48. The van der Waals surface area contributed by atoms with Crippen LogP contribution in [0.4, 0.5) is 5.82 Å². The molecular weight excluding hydrogens is 294 g/mol. The van der Waals surface area contributed by atoms with Gasteiger partial charge < -0.3 is 10.4 Å². The number of aromatic nitrogens is 4. The zero-order valence-electron chi connectivity index (χ0n) is 13.8. The first-order chi connectivity index (χ1) is 10.8. The van der Waals surface area contributed by atoms with Crippen LogP contribution in [0.1, 0.15) is 52.3 Å². The van der Waals surface area contributed by atoms with Crippen molar-refractivity contribution in [3.05, 3.63) is 18.0 Å². The Morgan fingerprint density at radius 2 is 1.91 bits per heavy atom. The van der Waals surface area contributed by atoms with Crippen LogP contribution in [0.2, 0.25) is 0 Å². The second-order valence-corrected chi connectivity index (χ2v) is 7.29. The van der Waals surface area contributed by atoms with Gasteiger partial charge in [0.15, 0.2) is 11.5 Å². The molecule has 3 rings (SSSR count). The summed E-state index contributed by atoms with van der Waals surface area (Å²) in [6, 6.07) is 4.07. The summed E-state index contributed by atoms with van der Waals surface area (Å²) in [5.74, 6) is 0.725. The summed E-state index contributed by atoms with van der Waals surface area (Å²) in [5, 5.41) is 25.5. The highest BCUT2D eigenvalue weighted by Crippen LogP contribution is 2.27. The highest BCUT2D eigenvalue weighted by atomic mass is 16.4. The van der Waals surface area contributed by atoms with Gasteiger partial charge in [-0.1, -0.05) is 20.8 Å². The minimum absolute atomic E-state index is 0.134. The maximum absolute atomic E-state index is 11.0. The number of anilines is 1. The Hall–Kier alpha value is -2.18. The SMILES string of the molecule is CC(C)(C)c1nnc2ccc(NC3CCC(C(=O)O)CC3)nn12. The maximum Gasteiger partial charge on any atom is 0.306 e. The fourth-order valence-corrected chi connectivity index (χ4v) is 3.03. The Bertz CT molecular complexity index is 711. The van der Waals surface area contributed by atoms with Crippen LogP contribution in [-0.2, 0) is 10.2 Å². The van der Waals surface area contributed by atoms with Crippen LogP contribution < -0.4 is 5.32 Å². The summed E-state index contributed by atoms with van der Waals surface area (Å²) >= 11 is 0. The van der Waals surface area contributed by atoms with Gasteiger partial charge in [0, 0.05) is 11.5 Å². The molecule has 0 amide bonds. The van der Waals surface area contributed by atoms with Crippen LogP contribution in [0.15, 0.2) is 12.1 Å². The average molecular weight is 317 g/mol. The van der Waals surface area contributed by atoms with E-state index in [1.165, 1.54) is 0 Å². The summed E-state index contributed by atoms with van der Waals surface area (Å²) in [6.45, 7) is 6.25. The van der Waals surface area contributed by atoms with Gasteiger partial charge in [-0.2, -0.15) is 4.52 Å². The van der Waals surface area contributed by atoms with E-state index >= 15 is 0 Å². The van der Waals surface area contributed by atoms with Crippen molar-refractivity contribution in [2.45, 2.75) is 57.9 Å². The van der Waals surface area contributed by atoms with E-state index in [4.69, 9.17) is 5.11 Å². The number of aliphatic carboxylic acids is 1. The molecule has 7 nitrogen and oxygen atoms in total. The summed E-state index contributed by atoms with van der Waals surface area (Å²) in [4.78, 5) is 11.0. The molecule has 23 heavy (non-hydrogen) atoms. The van der Waals surface area contributed by atoms with Crippen LogP contribution in [0.25, 0.3) is 5.65 Å². The third kappa shape index (κ3) is 3.28. The van der Waals surface area contributed by atoms with E-state index in [9.17, 15) is 4.79 Å². The topological polar surface area (TPSA) is 92.4 Å². The molecule has 1 aliphatic rings. The van der Waals surface area contributed by atoms with Gasteiger partial charge in [0.2, 0.25) is 0 Å². The van der Waals surface area contributed by atoms with Crippen LogP contribution in [0, 0.1) is 5.92 Å². The van der Waals surface area contributed by atoms with Crippen LogP contribution in [-0.4, -0.2) is 36.9 Å². The van der Waals surface area contributed by atoms with Gasteiger partial charge in [0.05, 0.1) is 5.92 Å².